The lowest BCUT2D eigenvalue weighted by Crippen LogP contribution is -2.37. The van der Waals surface area contributed by atoms with Crippen molar-refractivity contribution in [1.29, 1.82) is 0 Å². The molecule has 0 aliphatic rings. The first kappa shape index (κ1) is 17.5. The van der Waals surface area contributed by atoms with Gasteiger partial charge in [0.25, 0.3) is 0 Å². The predicted octanol–water partition coefficient (Wildman–Crippen LogP) is 1.86. The Labute approximate surface area is 125 Å². The summed E-state index contributed by atoms with van der Waals surface area (Å²) in [5, 5.41) is 0. The van der Waals surface area contributed by atoms with Crippen molar-refractivity contribution in [3.63, 3.8) is 0 Å². The lowest BCUT2D eigenvalue weighted by molar-refractivity contribution is 0.0596. The number of carbonyl (C=O) groups is 1. The van der Waals surface area contributed by atoms with Crippen molar-refractivity contribution in [1.82, 2.24) is 4.31 Å². The minimum Gasteiger partial charge on any atom is -0.465 e. The number of esters is 1. The van der Waals surface area contributed by atoms with Crippen LogP contribution in [0.2, 0.25) is 0 Å². The maximum Gasteiger partial charge on any atom is 0.339 e. The van der Waals surface area contributed by atoms with Crippen LogP contribution in [-0.4, -0.2) is 38.9 Å². The SMILES string of the molecule is CCC(CC)N(C)S(=O)(=O)c1cc(N)ccc1C(=O)OC. The molecule has 0 fully saturated rings. The highest BCUT2D eigenvalue weighted by molar-refractivity contribution is 7.89. The minimum absolute atomic E-state index is 0.00972. The zero-order valence-corrected chi connectivity index (χ0v) is 13.6. The molecule has 0 bridgehead atoms. The van der Waals surface area contributed by atoms with Crippen molar-refractivity contribution >= 4 is 21.7 Å². The van der Waals surface area contributed by atoms with E-state index in [2.05, 4.69) is 4.74 Å². The molecule has 118 valence electrons. The van der Waals surface area contributed by atoms with Gasteiger partial charge in [-0.25, -0.2) is 13.2 Å². The van der Waals surface area contributed by atoms with Gasteiger partial charge in [-0.3, -0.25) is 0 Å². The van der Waals surface area contributed by atoms with E-state index in [1.54, 1.807) is 0 Å². The Morgan fingerprint density at radius 3 is 2.38 bits per heavy atom. The van der Waals surface area contributed by atoms with E-state index in [1.165, 1.54) is 36.7 Å². The highest BCUT2D eigenvalue weighted by Crippen LogP contribution is 2.25. The van der Waals surface area contributed by atoms with Crippen LogP contribution in [0.1, 0.15) is 37.0 Å². The van der Waals surface area contributed by atoms with E-state index < -0.39 is 16.0 Å². The third-order valence-electron chi connectivity index (χ3n) is 3.52. The molecule has 6 nitrogen and oxygen atoms in total. The van der Waals surface area contributed by atoms with Crippen LogP contribution in [0.3, 0.4) is 0 Å². The van der Waals surface area contributed by atoms with Crippen LogP contribution in [0.4, 0.5) is 5.69 Å². The Kier molecular flexibility index (Phi) is 5.74. The largest absolute Gasteiger partial charge is 0.465 e. The number of nitrogens with two attached hydrogens (primary N) is 1. The van der Waals surface area contributed by atoms with Gasteiger partial charge < -0.3 is 10.5 Å². The fourth-order valence-electron chi connectivity index (χ4n) is 2.19. The van der Waals surface area contributed by atoms with Gasteiger partial charge in [0.2, 0.25) is 10.0 Å². The Morgan fingerprint density at radius 1 is 1.33 bits per heavy atom. The van der Waals surface area contributed by atoms with Gasteiger partial charge in [-0.05, 0) is 31.0 Å². The number of hydrogen-bond donors (Lipinski definition) is 1. The molecule has 7 heteroatoms. The van der Waals surface area contributed by atoms with E-state index in [4.69, 9.17) is 5.73 Å². The quantitative estimate of drug-likeness (QED) is 0.639. The van der Waals surface area contributed by atoms with Crippen molar-refractivity contribution in [2.75, 3.05) is 19.9 Å². The zero-order valence-electron chi connectivity index (χ0n) is 12.8. The van der Waals surface area contributed by atoms with Gasteiger partial charge >= 0.3 is 5.97 Å². The molecule has 21 heavy (non-hydrogen) atoms. The number of carbonyl (C=O) groups excluding carboxylic acids is 1. The van der Waals surface area contributed by atoms with Crippen LogP contribution in [0.5, 0.6) is 0 Å². The third-order valence-corrected chi connectivity index (χ3v) is 5.47. The maximum atomic E-state index is 12.7. The topological polar surface area (TPSA) is 89.7 Å². The number of methoxy groups -OCH3 is 1. The number of sulfonamides is 1. The van der Waals surface area contributed by atoms with E-state index in [9.17, 15) is 13.2 Å². The first-order valence-electron chi connectivity index (χ1n) is 6.75. The summed E-state index contributed by atoms with van der Waals surface area (Å²) in [4.78, 5) is 11.7. The number of anilines is 1. The number of nitrogen functional groups attached to an aromatic ring is 1. The second-order valence-electron chi connectivity index (χ2n) is 4.74. The predicted molar refractivity (Wildman–Crippen MR) is 81.5 cm³/mol. The Morgan fingerprint density at radius 2 is 1.90 bits per heavy atom. The van der Waals surface area contributed by atoms with Gasteiger partial charge in [0.05, 0.1) is 17.6 Å². The van der Waals surface area contributed by atoms with E-state index >= 15 is 0 Å². The second-order valence-corrected chi connectivity index (χ2v) is 6.70. The van der Waals surface area contributed by atoms with Gasteiger partial charge in [-0.1, -0.05) is 13.8 Å². The summed E-state index contributed by atoms with van der Waals surface area (Å²) >= 11 is 0. The molecule has 0 saturated carbocycles. The van der Waals surface area contributed by atoms with Gasteiger partial charge in [-0.2, -0.15) is 4.31 Å². The molecule has 0 aliphatic heterocycles. The molecule has 1 rings (SSSR count). The van der Waals surface area contributed by atoms with Crippen LogP contribution in [-0.2, 0) is 14.8 Å². The Hall–Kier alpha value is -1.60. The first-order valence-corrected chi connectivity index (χ1v) is 8.19. The average molecular weight is 314 g/mol. The number of rotatable bonds is 6. The molecule has 1 aromatic carbocycles. The fourth-order valence-corrected chi connectivity index (χ4v) is 3.90. The molecule has 0 atom stereocenters. The smallest absolute Gasteiger partial charge is 0.339 e. The van der Waals surface area contributed by atoms with Gasteiger partial charge in [0.1, 0.15) is 0 Å². The monoisotopic (exact) mass is 314 g/mol. The average Bonchev–Trinajstić information content (AvgIpc) is 2.47. The minimum atomic E-state index is -3.82. The van der Waals surface area contributed by atoms with E-state index in [1.807, 2.05) is 13.8 Å². The molecule has 0 radical (unpaired) electrons. The molecule has 0 heterocycles. The van der Waals surface area contributed by atoms with E-state index in [-0.39, 0.29) is 22.2 Å². The lowest BCUT2D eigenvalue weighted by atomic mass is 10.2. The van der Waals surface area contributed by atoms with Crippen molar-refractivity contribution in [2.24, 2.45) is 0 Å². The molecule has 1 aromatic rings. The van der Waals surface area contributed by atoms with E-state index in [0.717, 1.165) is 0 Å². The fraction of sp³-hybridized carbons (Fsp3) is 0.500. The number of benzene rings is 1. The van der Waals surface area contributed by atoms with Crippen molar-refractivity contribution in [3.05, 3.63) is 23.8 Å². The first-order chi connectivity index (χ1) is 9.79. The molecule has 0 spiro atoms. The lowest BCUT2D eigenvalue weighted by Gasteiger charge is -2.26. The van der Waals surface area contributed by atoms with E-state index in [0.29, 0.717) is 12.8 Å². The van der Waals surface area contributed by atoms with Crippen molar-refractivity contribution in [2.45, 2.75) is 37.6 Å². The summed E-state index contributed by atoms with van der Waals surface area (Å²) in [5.74, 6) is -0.702. The summed E-state index contributed by atoms with van der Waals surface area (Å²) in [6.45, 7) is 3.83. The Balaban J connectivity index is 3.43. The van der Waals surface area contributed by atoms with Crippen LogP contribution >= 0.6 is 0 Å². The molecular formula is C14H22N2O4S. The summed E-state index contributed by atoms with van der Waals surface area (Å²) < 4.78 is 31.4. The number of ether oxygens (including phenoxy) is 1. The highest BCUT2D eigenvalue weighted by Gasteiger charge is 2.30. The summed E-state index contributed by atoms with van der Waals surface area (Å²) in [6.07, 6.45) is 1.37. The third kappa shape index (κ3) is 3.54. The Bertz CT molecular complexity index is 609. The van der Waals surface area contributed by atoms with Crippen LogP contribution in [0.15, 0.2) is 23.1 Å². The summed E-state index contributed by atoms with van der Waals surface area (Å²) in [5.41, 5.74) is 5.94. The molecule has 0 aromatic heterocycles. The van der Waals surface area contributed by atoms with Gasteiger partial charge in [0, 0.05) is 18.8 Å². The number of nitrogens with zero attached hydrogens (tertiary/aromatic N) is 1. The maximum absolute atomic E-state index is 12.7. The normalized spacial score (nSPS) is 11.9. The van der Waals surface area contributed by atoms with Crippen LogP contribution < -0.4 is 5.73 Å². The second kappa shape index (κ2) is 6.91. The van der Waals surface area contributed by atoms with Gasteiger partial charge in [0.15, 0.2) is 0 Å². The summed E-state index contributed by atoms with van der Waals surface area (Å²) in [6, 6.07) is 4.00. The van der Waals surface area contributed by atoms with Gasteiger partial charge in [-0.15, -0.1) is 0 Å². The molecule has 0 unspecified atom stereocenters. The molecule has 0 saturated heterocycles. The molecule has 0 amide bonds. The molecule has 0 aliphatic carbocycles. The number of hydrogen-bond acceptors (Lipinski definition) is 5. The van der Waals surface area contributed by atoms with Crippen LogP contribution in [0.25, 0.3) is 0 Å². The standard InChI is InChI=1S/C14H22N2O4S/c1-5-11(6-2)16(3)21(18,19)13-9-10(15)7-8-12(13)14(17)20-4/h7-9,11H,5-6,15H2,1-4H3. The molecular weight excluding hydrogens is 292 g/mol. The highest BCUT2D eigenvalue weighted by atomic mass is 32.2. The van der Waals surface area contributed by atoms with Crippen LogP contribution in [0, 0.1) is 0 Å². The van der Waals surface area contributed by atoms with Crippen molar-refractivity contribution in [3.8, 4) is 0 Å². The molecule has 2 N–H and O–H groups in total. The summed E-state index contributed by atoms with van der Waals surface area (Å²) in [7, 11) is -1.10. The van der Waals surface area contributed by atoms with Crippen molar-refractivity contribution < 1.29 is 17.9 Å². The zero-order chi connectivity index (χ0) is 16.2.